The van der Waals surface area contributed by atoms with Crippen molar-refractivity contribution < 1.29 is 62.5 Å². The van der Waals surface area contributed by atoms with Crippen molar-refractivity contribution in [3.05, 3.63) is 70.1 Å². The number of hydrogen-bond acceptors (Lipinski definition) is 3. The summed E-state index contributed by atoms with van der Waals surface area (Å²) in [6.45, 7) is -3.40. The van der Waals surface area contributed by atoms with Crippen molar-refractivity contribution in [2.24, 2.45) is 0 Å². The molecule has 0 heterocycles. The minimum atomic E-state index is -3.40. The molecule has 3 rings (SSSR count). The quantitative estimate of drug-likeness (QED) is 0.276. The highest BCUT2D eigenvalue weighted by Gasteiger charge is 2.44. The van der Waals surface area contributed by atoms with Crippen LogP contribution in [0.1, 0.15) is 0 Å². The number of rotatable bonds is 6. The molecule has 3 nitrogen and oxygen atoms in total. The fourth-order valence-electron chi connectivity index (χ4n) is 3.56. The van der Waals surface area contributed by atoms with Crippen LogP contribution in [0.5, 0.6) is 17.2 Å². The van der Waals surface area contributed by atoms with Gasteiger partial charge in [0.25, 0.3) is 6.71 Å². The van der Waals surface area contributed by atoms with Gasteiger partial charge < -0.3 is 14.2 Å². The number of methoxy groups -OCH3 is 3. The van der Waals surface area contributed by atoms with Gasteiger partial charge in [-0.1, -0.05) is 0 Å². The van der Waals surface area contributed by atoms with E-state index in [2.05, 4.69) is 14.2 Å². The lowest BCUT2D eigenvalue weighted by atomic mass is 9.36. The maximum atomic E-state index is 15.1. The van der Waals surface area contributed by atoms with Gasteiger partial charge in [-0.3, -0.25) is 0 Å². The molecule has 0 bridgehead atoms. The molecule has 0 radical (unpaired) electrons. The molecule has 192 valence electrons. The largest absolute Gasteiger partial charge is 0.494 e. The molecule has 15 heteroatoms. The molecular formula is C21H10BF11O3. The first-order valence-corrected chi connectivity index (χ1v) is 9.36. The maximum Gasteiger partial charge on any atom is 0.265 e. The van der Waals surface area contributed by atoms with Crippen LogP contribution < -0.4 is 30.6 Å². The lowest BCUT2D eigenvalue weighted by Crippen LogP contribution is -2.60. The van der Waals surface area contributed by atoms with Crippen LogP contribution in [0.2, 0.25) is 0 Å². The number of halogens is 11. The van der Waals surface area contributed by atoms with Gasteiger partial charge in [-0.2, -0.15) is 17.6 Å². The third-order valence-corrected chi connectivity index (χ3v) is 5.17. The van der Waals surface area contributed by atoms with E-state index in [0.717, 1.165) is 0 Å². The van der Waals surface area contributed by atoms with E-state index in [1.54, 1.807) is 0 Å². The smallest absolute Gasteiger partial charge is 0.265 e. The van der Waals surface area contributed by atoms with Crippen molar-refractivity contribution >= 4 is 23.1 Å². The average molecular weight is 530 g/mol. The molecule has 0 N–H and O–H groups in total. The molecule has 0 aromatic heterocycles. The molecule has 3 aromatic rings. The Morgan fingerprint density at radius 1 is 0.444 bits per heavy atom. The predicted octanol–water partition coefficient (Wildman–Crippen LogP) is 3.76. The Morgan fingerprint density at radius 2 is 0.778 bits per heavy atom. The Labute approximate surface area is 195 Å². The average Bonchev–Trinajstić information content (AvgIpc) is 2.84. The molecule has 0 unspecified atom stereocenters. The Balaban J connectivity index is 2.66. The van der Waals surface area contributed by atoms with Gasteiger partial charge in [-0.25, -0.2) is 30.7 Å². The summed E-state index contributed by atoms with van der Waals surface area (Å²) in [4.78, 5) is 0. The van der Waals surface area contributed by atoms with Crippen LogP contribution in [-0.4, -0.2) is 28.0 Å². The molecule has 0 aliphatic heterocycles. The molecule has 0 saturated carbocycles. The lowest BCUT2D eigenvalue weighted by Gasteiger charge is -2.22. The van der Waals surface area contributed by atoms with Gasteiger partial charge >= 0.3 is 0 Å². The summed E-state index contributed by atoms with van der Waals surface area (Å²) < 4.78 is 175. The lowest BCUT2D eigenvalue weighted by molar-refractivity contribution is 0.334. The second-order valence-corrected chi connectivity index (χ2v) is 6.94. The van der Waals surface area contributed by atoms with Gasteiger partial charge in [0.05, 0.1) is 21.3 Å². The van der Waals surface area contributed by atoms with Crippen LogP contribution in [0.25, 0.3) is 0 Å². The first-order valence-electron chi connectivity index (χ1n) is 9.36. The van der Waals surface area contributed by atoms with E-state index in [1.165, 1.54) is 0 Å². The summed E-state index contributed by atoms with van der Waals surface area (Å²) in [6, 6.07) is 0.0784. The summed E-state index contributed by atoms with van der Waals surface area (Å²) >= 11 is 0. The minimum absolute atomic E-state index is 0.0784. The van der Waals surface area contributed by atoms with Crippen molar-refractivity contribution in [3.63, 3.8) is 0 Å². The molecule has 0 fully saturated rings. The summed E-state index contributed by atoms with van der Waals surface area (Å²) in [6.07, 6.45) is 0. The zero-order valence-corrected chi connectivity index (χ0v) is 18.0. The van der Waals surface area contributed by atoms with Crippen LogP contribution in [0.3, 0.4) is 0 Å². The van der Waals surface area contributed by atoms with Crippen LogP contribution in [0.15, 0.2) is 6.07 Å². The highest BCUT2D eigenvalue weighted by atomic mass is 19.2. The van der Waals surface area contributed by atoms with Crippen LogP contribution in [0.4, 0.5) is 48.3 Å². The normalized spacial score (nSPS) is 11.1. The summed E-state index contributed by atoms with van der Waals surface area (Å²) in [5.74, 6) is -30.6. The van der Waals surface area contributed by atoms with E-state index >= 15 is 4.39 Å². The van der Waals surface area contributed by atoms with Gasteiger partial charge in [-0.15, -0.1) is 0 Å². The Bertz CT molecular complexity index is 1250. The van der Waals surface area contributed by atoms with Crippen LogP contribution in [-0.2, 0) is 0 Å². The molecular weight excluding hydrogens is 520 g/mol. The van der Waals surface area contributed by atoms with Crippen molar-refractivity contribution in [1.29, 1.82) is 0 Å². The molecule has 0 aliphatic carbocycles. The van der Waals surface area contributed by atoms with Crippen LogP contribution >= 0.6 is 0 Å². The standard InChI is InChI=1S/C21H10BF11O3/c1-34-6-4-5(23)10(24)7(11(6)25)22(8-12(26)16(30)20(35-2)17(31)13(8)27)9-14(28)18(32)21(36-3)19(33)15(9)29/h4H,1-3H3. The van der Waals surface area contributed by atoms with Crippen LogP contribution in [0, 0.1) is 64.0 Å². The van der Waals surface area contributed by atoms with Crippen molar-refractivity contribution in [1.82, 2.24) is 0 Å². The Morgan fingerprint density at radius 3 is 1.08 bits per heavy atom. The number of ether oxygens (including phenoxy) is 3. The Kier molecular flexibility index (Phi) is 7.32. The minimum Gasteiger partial charge on any atom is -0.494 e. The highest BCUT2D eigenvalue weighted by molar-refractivity contribution is 6.95. The van der Waals surface area contributed by atoms with Crippen molar-refractivity contribution in [2.45, 2.75) is 0 Å². The van der Waals surface area contributed by atoms with E-state index in [-0.39, 0.29) is 6.07 Å². The topological polar surface area (TPSA) is 27.7 Å². The zero-order valence-electron chi connectivity index (χ0n) is 18.0. The molecule has 36 heavy (non-hydrogen) atoms. The second kappa shape index (κ2) is 9.78. The molecule has 0 atom stereocenters. The predicted molar refractivity (Wildman–Crippen MR) is 103 cm³/mol. The molecule has 0 spiro atoms. The van der Waals surface area contributed by atoms with E-state index in [9.17, 15) is 43.9 Å². The molecule has 0 amide bonds. The van der Waals surface area contributed by atoms with Gasteiger partial charge in [-0.05, 0) is 0 Å². The van der Waals surface area contributed by atoms with E-state index in [4.69, 9.17) is 0 Å². The number of benzene rings is 3. The summed E-state index contributed by atoms with van der Waals surface area (Å²) in [5.41, 5.74) is -6.37. The highest BCUT2D eigenvalue weighted by Crippen LogP contribution is 2.29. The van der Waals surface area contributed by atoms with Crippen molar-refractivity contribution in [3.8, 4) is 17.2 Å². The maximum absolute atomic E-state index is 15.1. The third-order valence-electron chi connectivity index (χ3n) is 5.17. The fraction of sp³-hybridized carbons (Fsp3) is 0.143. The van der Waals surface area contributed by atoms with Gasteiger partial charge in [0, 0.05) is 22.5 Å². The van der Waals surface area contributed by atoms with E-state index < -0.39 is 104 Å². The van der Waals surface area contributed by atoms with Gasteiger partial charge in [0.2, 0.25) is 23.3 Å². The van der Waals surface area contributed by atoms with E-state index in [0.29, 0.717) is 21.3 Å². The summed E-state index contributed by atoms with van der Waals surface area (Å²) in [5, 5.41) is 0. The molecule has 0 saturated heterocycles. The monoisotopic (exact) mass is 530 g/mol. The summed E-state index contributed by atoms with van der Waals surface area (Å²) in [7, 11) is 1.85. The van der Waals surface area contributed by atoms with E-state index in [1.807, 2.05) is 0 Å². The Hall–Kier alpha value is -3.65. The van der Waals surface area contributed by atoms with Crippen molar-refractivity contribution in [2.75, 3.05) is 21.3 Å². The molecule has 0 aliphatic rings. The third kappa shape index (κ3) is 3.86. The van der Waals surface area contributed by atoms with Gasteiger partial charge in [0.1, 0.15) is 0 Å². The molecule has 3 aromatic carbocycles. The number of hydrogen-bond donors (Lipinski definition) is 0. The van der Waals surface area contributed by atoms with Gasteiger partial charge in [0.15, 0.2) is 58.0 Å². The fourth-order valence-corrected chi connectivity index (χ4v) is 3.56. The second-order valence-electron chi connectivity index (χ2n) is 6.94. The first kappa shape index (κ1) is 27.0. The zero-order chi connectivity index (χ0) is 27.2. The first-order chi connectivity index (χ1) is 16.8. The SMILES string of the molecule is COc1cc(F)c(F)c(B(c2c(F)c(F)c(OC)c(F)c2F)c2c(F)c(F)c(OC)c(F)c2F)c1F.